The summed E-state index contributed by atoms with van der Waals surface area (Å²) in [5.41, 5.74) is 6.87. The number of hydrogen-bond acceptors (Lipinski definition) is 5. The summed E-state index contributed by atoms with van der Waals surface area (Å²) in [6.07, 6.45) is 0.714. The Balaban J connectivity index is 2.74. The van der Waals surface area contributed by atoms with Crippen LogP contribution in [0.4, 0.5) is 0 Å². The number of nitrogens with two attached hydrogens (primary N) is 1. The number of benzene rings is 1. The van der Waals surface area contributed by atoms with E-state index in [2.05, 4.69) is 23.3 Å². The zero-order valence-electron chi connectivity index (χ0n) is 15.0. The summed E-state index contributed by atoms with van der Waals surface area (Å²) < 4.78 is 0. The Labute approximate surface area is 159 Å². The van der Waals surface area contributed by atoms with Gasteiger partial charge in [0.1, 0.15) is 12.1 Å². The van der Waals surface area contributed by atoms with Gasteiger partial charge in [0, 0.05) is 5.75 Å². The summed E-state index contributed by atoms with van der Waals surface area (Å²) in [6, 6.07) is 6.56. The topological polar surface area (TPSA) is 122 Å². The second kappa shape index (κ2) is 10.8. The molecule has 3 atom stereocenters. The van der Waals surface area contributed by atoms with Gasteiger partial charge in [-0.15, -0.1) is 0 Å². The summed E-state index contributed by atoms with van der Waals surface area (Å²) in [5.74, 6) is -2.11. The highest BCUT2D eigenvalue weighted by Crippen LogP contribution is 2.07. The molecule has 5 N–H and O–H groups in total. The van der Waals surface area contributed by atoms with Gasteiger partial charge in [0.25, 0.3) is 0 Å². The second-order valence-electron chi connectivity index (χ2n) is 6.57. The lowest BCUT2D eigenvalue weighted by molar-refractivity contribution is -0.141. The molecule has 26 heavy (non-hydrogen) atoms. The van der Waals surface area contributed by atoms with Crippen molar-refractivity contribution in [1.82, 2.24) is 10.6 Å². The molecule has 0 heterocycles. The van der Waals surface area contributed by atoms with Gasteiger partial charge in [-0.1, -0.05) is 44.2 Å². The molecule has 0 saturated carbocycles. The van der Waals surface area contributed by atoms with Gasteiger partial charge >= 0.3 is 5.97 Å². The zero-order valence-corrected chi connectivity index (χ0v) is 15.9. The maximum atomic E-state index is 12.4. The van der Waals surface area contributed by atoms with Crippen molar-refractivity contribution in [2.24, 2.45) is 11.7 Å². The molecule has 0 aliphatic carbocycles. The summed E-state index contributed by atoms with van der Waals surface area (Å²) in [4.78, 5) is 35.9. The third-order valence-electron chi connectivity index (χ3n) is 3.77. The van der Waals surface area contributed by atoms with E-state index in [0.29, 0.717) is 12.8 Å². The number of carbonyl (C=O) groups is 3. The Hall–Kier alpha value is -2.06. The van der Waals surface area contributed by atoms with Crippen LogP contribution < -0.4 is 16.4 Å². The second-order valence-corrected chi connectivity index (χ2v) is 6.93. The van der Waals surface area contributed by atoms with Crippen LogP contribution in [0.2, 0.25) is 0 Å². The molecule has 1 rings (SSSR count). The molecule has 144 valence electrons. The van der Waals surface area contributed by atoms with Crippen molar-refractivity contribution in [3.63, 3.8) is 0 Å². The molecule has 1 aromatic rings. The Morgan fingerprint density at radius 3 is 2.15 bits per heavy atom. The molecule has 0 aliphatic rings. The van der Waals surface area contributed by atoms with Gasteiger partial charge in [0.05, 0.1) is 6.04 Å². The fraction of sp³-hybridized carbons (Fsp3) is 0.500. The van der Waals surface area contributed by atoms with Crippen LogP contribution in [0.3, 0.4) is 0 Å². The van der Waals surface area contributed by atoms with E-state index in [1.807, 2.05) is 44.2 Å². The maximum absolute atomic E-state index is 12.4. The molecular weight excluding hydrogens is 354 g/mol. The molecule has 7 nitrogen and oxygen atoms in total. The first kappa shape index (κ1) is 22.0. The van der Waals surface area contributed by atoms with Gasteiger partial charge in [-0.25, -0.2) is 4.79 Å². The number of rotatable bonds is 10. The van der Waals surface area contributed by atoms with Gasteiger partial charge < -0.3 is 21.5 Å². The summed E-state index contributed by atoms with van der Waals surface area (Å²) in [6.45, 7) is 3.81. The maximum Gasteiger partial charge on any atom is 0.327 e. The van der Waals surface area contributed by atoms with Crippen molar-refractivity contribution in [3.05, 3.63) is 35.9 Å². The van der Waals surface area contributed by atoms with Crippen molar-refractivity contribution in [3.8, 4) is 0 Å². The highest BCUT2D eigenvalue weighted by molar-refractivity contribution is 7.80. The van der Waals surface area contributed by atoms with Gasteiger partial charge in [0.15, 0.2) is 0 Å². The summed E-state index contributed by atoms with van der Waals surface area (Å²) in [5, 5.41) is 14.1. The van der Waals surface area contributed by atoms with Crippen LogP contribution >= 0.6 is 12.6 Å². The Morgan fingerprint density at radius 1 is 1.08 bits per heavy atom. The Bertz CT molecular complexity index is 610. The van der Waals surface area contributed by atoms with Gasteiger partial charge in [-0.05, 0) is 24.3 Å². The van der Waals surface area contributed by atoms with Crippen molar-refractivity contribution in [1.29, 1.82) is 0 Å². The molecule has 0 spiro atoms. The number of amides is 2. The zero-order chi connectivity index (χ0) is 19.7. The smallest absolute Gasteiger partial charge is 0.327 e. The normalized spacial score (nSPS) is 14.3. The van der Waals surface area contributed by atoms with E-state index in [9.17, 15) is 14.4 Å². The largest absolute Gasteiger partial charge is 0.480 e. The molecule has 0 fully saturated rings. The molecule has 0 bridgehead atoms. The van der Waals surface area contributed by atoms with Crippen LogP contribution in [-0.4, -0.2) is 46.8 Å². The van der Waals surface area contributed by atoms with Crippen LogP contribution in [0, 0.1) is 5.92 Å². The predicted octanol–water partition coefficient (Wildman–Crippen LogP) is 0.587. The highest BCUT2D eigenvalue weighted by Gasteiger charge is 2.28. The quantitative estimate of drug-likeness (QED) is 0.380. The first-order chi connectivity index (χ1) is 12.2. The number of thiol groups is 1. The van der Waals surface area contributed by atoms with Crippen molar-refractivity contribution < 1.29 is 19.5 Å². The van der Waals surface area contributed by atoms with Gasteiger partial charge in [0.2, 0.25) is 11.8 Å². The molecular formula is C18H27N3O4S. The lowest BCUT2D eigenvalue weighted by atomic mass is 10.0. The van der Waals surface area contributed by atoms with Crippen LogP contribution in [0.25, 0.3) is 0 Å². The number of carbonyl (C=O) groups excluding carboxylic acids is 2. The number of nitrogens with one attached hydrogen (secondary N) is 2. The van der Waals surface area contributed by atoms with E-state index >= 15 is 0 Å². The van der Waals surface area contributed by atoms with Crippen LogP contribution in [-0.2, 0) is 20.8 Å². The standard InChI is InChI=1S/C18H27N3O4S/c1-11(2)8-14(17(23)21-15(10-26)18(24)25)20-16(22)13(19)9-12-6-4-3-5-7-12/h3-7,11,13-15,26H,8-10,19H2,1-2H3,(H,20,22)(H,21,23)(H,24,25)/t13-,14-,15-/m0/s1. The van der Waals surface area contributed by atoms with Crippen molar-refractivity contribution in [2.75, 3.05) is 5.75 Å². The minimum Gasteiger partial charge on any atom is -0.480 e. The Morgan fingerprint density at radius 2 is 1.65 bits per heavy atom. The third kappa shape index (κ3) is 7.45. The van der Waals surface area contributed by atoms with Crippen molar-refractivity contribution in [2.45, 2.75) is 44.8 Å². The van der Waals surface area contributed by atoms with Crippen molar-refractivity contribution >= 4 is 30.4 Å². The minimum absolute atomic E-state index is 0.0447. The van der Waals surface area contributed by atoms with E-state index in [1.165, 1.54) is 0 Å². The first-order valence-electron chi connectivity index (χ1n) is 8.48. The van der Waals surface area contributed by atoms with E-state index in [4.69, 9.17) is 10.8 Å². The fourth-order valence-electron chi connectivity index (χ4n) is 2.40. The third-order valence-corrected chi connectivity index (χ3v) is 4.14. The van der Waals surface area contributed by atoms with E-state index in [0.717, 1.165) is 5.56 Å². The van der Waals surface area contributed by atoms with Gasteiger partial charge in [-0.3, -0.25) is 9.59 Å². The number of carboxylic acid groups (broad SMARTS) is 1. The van der Waals surface area contributed by atoms with Crippen LogP contribution in [0.5, 0.6) is 0 Å². The molecule has 8 heteroatoms. The summed E-state index contributed by atoms with van der Waals surface area (Å²) >= 11 is 3.92. The molecule has 0 saturated heterocycles. The molecule has 0 radical (unpaired) electrons. The van der Waals surface area contributed by atoms with E-state index in [1.54, 1.807) is 0 Å². The Kier molecular flexibility index (Phi) is 9.15. The summed E-state index contributed by atoms with van der Waals surface area (Å²) in [7, 11) is 0. The average molecular weight is 381 g/mol. The van der Waals surface area contributed by atoms with Crippen LogP contribution in [0.15, 0.2) is 30.3 Å². The van der Waals surface area contributed by atoms with E-state index < -0.39 is 35.9 Å². The molecule has 2 amide bonds. The van der Waals surface area contributed by atoms with Gasteiger partial charge in [-0.2, -0.15) is 12.6 Å². The van der Waals surface area contributed by atoms with E-state index in [-0.39, 0.29) is 11.7 Å². The molecule has 0 unspecified atom stereocenters. The lowest BCUT2D eigenvalue weighted by Gasteiger charge is -2.23. The number of aliphatic carboxylic acids is 1. The number of carboxylic acids is 1. The fourth-order valence-corrected chi connectivity index (χ4v) is 2.65. The number of hydrogen-bond donors (Lipinski definition) is 5. The molecule has 0 aromatic heterocycles. The van der Waals surface area contributed by atoms with Crippen LogP contribution in [0.1, 0.15) is 25.8 Å². The predicted molar refractivity (Wildman–Crippen MR) is 103 cm³/mol. The average Bonchev–Trinajstić information content (AvgIpc) is 2.58. The first-order valence-corrected chi connectivity index (χ1v) is 9.11. The lowest BCUT2D eigenvalue weighted by Crippen LogP contribution is -2.55. The minimum atomic E-state index is -1.18. The molecule has 1 aromatic carbocycles. The monoisotopic (exact) mass is 381 g/mol. The molecule has 0 aliphatic heterocycles. The SMILES string of the molecule is CC(C)C[C@H](NC(=O)[C@@H](N)Cc1ccccc1)C(=O)N[C@@H](CS)C(=O)O. The highest BCUT2D eigenvalue weighted by atomic mass is 32.1.